The Balaban J connectivity index is -0.0000000150. The summed E-state index contributed by atoms with van der Waals surface area (Å²) >= 11 is 0. The van der Waals surface area contributed by atoms with E-state index in [-0.39, 0.29) is 22.9 Å². The van der Waals surface area contributed by atoms with Crippen molar-refractivity contribution in [3.63, 3.8) is 0 Å². The second kappa shape index (κ2) is 183. The van der Waals surface area contributed by atoms with Crippen LogP contribution in [0.2, 0.25) is 0 Å². The molecule has 1 radical (unpaired) electrons. The first-order valence-corrected chi connectivity index (χ1v) is 1.10. The molecule has 0 atom stereocenters. The van der Waals surface area contributed by atoms with Crippen LogP contribution in [0.25, 0.3) is 6.15 Å². The zero-order chi connectivity index (χ0) is 8.12. The monoisotopic (exact) mass is 213 g/mol. The van der Waals surface area contributed by atoms with Crippen molar-refractivity contribution in [2.75, 3.05) is 0 Å². The van der Waals surface area contributed by atoms with E-state index in [4.69, 9.17) is 30.3 Å². The molecule has 2 N–H and O–H groups in total. The van der Waals surface area contributed by atoms with Crippen molar-refractivity contribution in [1.82, 2.24) is 0 Å². The van der Waals surface area contributed by atoms with Gasteiger partial charge in [0.2, 0.25) is 0 Å². The first-order valence-electron chi connectivity index (χ1n) is 1.10. The van der Waals surface area contributed by atoms with Crippen molar-refractivity contribution >= 4 is 0 Å². The molecule has 0 aromatic carbocycles. The van der Waals surface area contributed by atoms with Crippen LogP contribution in [0.3, 0.4) is 0 Å². The number of rotatable bonds is 0. The molecule has 0 rings (SSSR count). The molecule has 0 heterocycles. The third-order valence-electron chi connectivity index (χ3n) is 0. The van der Waals surface area contributed by atoms with Crippen molar-refractivity contribution < 1.29 is 16.8 Å². The third-order valence-corrected chi connectivity index (χ3v) is 0. The molecule has 0 saturated heterocycles. The van der Waals surface area contributed by atoms with Crippen molar-refractivity contribution in [1.29, 1.82) is 0 Å². The third kappa shape index (κ3) is 217. The van der Waals surface area contributed by atoms with E-state index in [1.165, 1.54) is 0 Å². The molecule has 0 bridgehead atoms. The maximum absolute atomic E-state index is 8.00. The Kier molecular flexibility index (Phi) is 556. The molecule has 0 aliphatic heterocycles. The maximum Gasteiger partial charge on any atom is 0 e. The van der Waals surface area contributed by atoms with E-state index in [9.17, 15) is 0 Å². The molecule has 0 spiro atoms. The molecule has 11 heteroatoms. The summed E-state index contributed by atoms with van der Waals surface area (Å²) in [6.45, 7) is 0. The van der Waals surface area contributed by atoms with Crippen LogP contribution in [0.4, 0.5) is 0 Å². The fourth-order valence-corrected chi connectivity index (χ4v) is 0. The summed E-state index contributed by atoms with van der Waals surface area (Å²) in [6.07, 6.45) is 0. The van der Waals surface area contributed by atoms with Crippen LogP contribution >= 0.6 is 0 Å². The van der Waals surface area contributed by atoms with E-state index in [0.717, 1.165) is 16.0 Å². The Hall–Kier alpha value is -1.33. The Labute approximate surface area is 70.2 Å². The van der Waals surface area contributed by atoms with Gasteiger partial charge in [0.25, 0.3) is 0 Å². The van der Waals surface area contributed by atoms with Crippen molar-refractivity contribution in [2.24, 2.45) is 16.0 Å². The van der Waals surface area contributed by atoms with Gasteiger partial charge in [-0.3, -0.25) is 0 Å². The van der Waals surface area contributed by atoms with Crippen LogP contribution in [0, 0.1) is 30.3 Å². The number of nitrogens with two attached hydrogens (primary N) is 1. The van der Waals surface area contributed by atoms with Crippen LogP contribution in [0.15, 0.2) is 16.0 Å². The second-order valence-electron chi connectivity index (χ2n) is 0.224. The Bertz CT molecular complexity index is 51.3. The second-order valence-corrected chi connectivity index (χ2v) is 0.224. The van der Waals surface area contributed by atoms with E-state index in [1.807, 2.05) is 0 Å². The SMILES string of the molecule is O=N[O-].O=N[O-].O=N[O-].[Co].[NH2-]. The molecule has 11 heavy (non-hydrogen) atoms. The predicted octanol–water partition coefficient (Wildman–Crippen LogP) is 1.47. The quantitative estimate of drug-likeness (QED) is 0.431. The summed E-state index contributed by atoms with van der Waals surface area (Å²) in [4.78, 5) is 24.0. The zero-order valence-electron chi connectivity index (χ0n) is 4.70. The molecule has 10 nitrogen and oxygen atoms in total. The number of hydrogen-bond donors (Lipinski definition) is 0. The van der Waals surface area contributed by atoms with E-state index in [1.54, 1.807) is 0 Å². The minimum Gasteiger partial charge on any atom is -0.693 e. The van der Waals surface area contributed by atoms with Crippen LogP contribution in [-0.4, -0.2) is 0 Å². The summed E-state index contributed by atoms with van der Waals surface area (Å²) in [5, 5.41) is 27.0. The molecular formula is H2CoN4O6-4. The predicted molar refractivity (Wildman–Crippen MR) is 32.8 cm³/mol. The van der Waals surface area contributed by atoms with Crippen LogP contribution in [-0.2, 0) is 16.8 Å². The minimum absolute atomic E-state index is 0. The van der Waals surface area contributed by atoms with Gasteiger partial charge in [0.15, 0.2) is 0 Å². The molecule has 0 unspecified atom stereocenters. The van der Waals surface area contributed by atoms with Gasteiger partial charge in [0.05, 0.1) is 0 Å². The number of hydrogen-bond acceptors (Lipinski definition) is 9. The average Bonchev–Trinajstić information content (AvgIpc) is 1.70. The summed E-state index contributed by atoms with van der Waals surface area (Å²) in [6, 6.07) is 0. The fourth-order valence-electron chi connectivity index (χ4n) is 0. The first-order chi connectivity index (χ1) is 4.24. The molecule has 0 amide bonds. The largest absolute Gasteiger partial charge is 0.693 e. The van der Waals surface area contributed by atoms with Gasteiger partial charge < -0.3 is 36.5 Å². The molecule has 71 valence electrons. The Morgan fingerprint density at radius 3 is 0.727 bits per heavy atom. The molecule has 0 saturated carbocycles. The van der Waals surface area contributed by atoms with E-state index >= 15 is 0 Å². The van der Waals surface area contributed by atoms with Gasteiger partial charge in [-0.1, -0.05) is 0 Å². The van der Waals surface area contributed by atoms with Crippen LogP contribution in [0.1, 0.15) is 0 Å². The van der Waals surface area contributed by atoms with E-state index < -0.39 is 0 Å². The number of nitrogens with zero attached hydrogens (tertiary/aromatic N) is 3. The first kappa shape index (κ1) is 33.3. The average molecular weight is 213 g/mol. The summed E-state index contributed by atoms with van der Waals surface area (Å²) < 4.78 is 0. The fraction of sp³-hybridized carbons (Fsp3) is 0. The molecule has 0 aromatic rings. The van der Waals surface area contributed by atoms with Gasteiger partial charge in [-0.15, -0.1) is 16.0 Å². The molecule has 0 fully saturated rings. The molecule has 0 aromatic heterocycles. The summed E-state index contributed by atoms with van der Waals surface area (Å²) in [7, 11) is 0. The van der Waals surface area contributed by atoms with E-state index in [2.05, 4.69) is 0 Å². The molecular weight excluding hydrogens is 211 g/mol. The summed E-state index contributed by atoms with van der Waals surface area (Å²) in [5.74, 6) is 0. The van der Waals surface area contributed by atoms with Gasteiger partial charge in [-0.2, -0.15) is 0 Å². The Morgan fingerprint density at radius 1 is 0.727 bits per heavy atom. The Morgan fingerprint density at radius 2 is 0.727 bits per heavy atom. The molecule has 0 aliphatic rings. The smallest absolute Gasteiger partial charge is 0 e. The van der Waals surface area contributed by atoms with Crippen LogP contribution < -0.4 is 0 Å². The van der Waals surface area contributed by atoms with Gasteiger partial charge in [0.1, 0.15) is 0 Å². The van der Waals surface area contributed by atoms with Gasteiger partial charge in [0, 0.05) is 16.8 Å². The van der Waals surface area contributed by atoms with Gasteiger partial charge >= 0.3 is 0 Å². The standard InChI is InChI=1S/Co.3HNO2.H2N/c;3*2-1-3;/h;3*(H,2,3);1H2/q;;;;-1/p-3. The topological polar surface area (TPSA) is 191 Å². The molecule has 0 aliphatic carbocycles. The van der Waals surface area contributed by atoms with Gasteiger partial charge in [-0.25, -0.2) is 0 Å². The van der Waals surface area contributed by atoms with Crippen LogP contribution in [0.5, 0.6) is 0 Å². The normalized spacial score (nSPS) is 3.27. The van der Waals surface area contributed by atoms with Crippen molar-refractivity contribution in [3.8, 4) is 0 Å². The maximum atomic E-state index is 8.00. The zero-order valence-corrected chi connectivity index (χ0v) is 5.74. The summed E-state index contributed by atoms with van der Waals surface area (Å²) in [5.41, 5.74) is 0. The van der Waals surface area contributed by atoms with E-state index in [0.29, 0.717) is 0 Å². The van der Waals surface area contributed by atoms with Gasteiger partial charge in [-0.05, 0) is 0 Å². The minimum atomic E-state index is 0. The van der Waals surface area contributed by atoms with Crippen molar-refractivity contribution in [3.05, 3.63) is 36.5 Å². The van der Waals surface area contributed by atoms with Crippen molar-refractivity contribution in [2.45, 2.75) is 0 Å².